The first-order valence-corrected chi connectivity index (χ1v) is 7.01. The van der Waals surface area contributed by atoms with Crippen LogP contribution in [0.5, 0.6) is 0 Å². The minimum Gasteiger partial charge on any atom is -0.351 e. The van der Waals surface area contributed by atoms with Gasteiger partial charge in [0, 0.05) is 25.5 Å². The molecule has 23 heavy (non-hydrogen) atoms. The van der Waals surface area contributed by atoms with Gasteiger partial charge in [-0.15, -0.1) is 0 Å². The number of rotatable bonds is 4. The molecule has 1 unspecified atom stereocenters. The van der Waals surface area contributed by atoms with Crippen LogP contribution in [-0.2, 0) is 7.05 Å². The van der Waals surface area contributed by atoms with Crippen LogP contribution in [0.1, 0.15) is 33.7 Å². The Bertz CT molecular complexity index is 823. The van der Waals surface area contributed by atoms with Crippen LogP contribution < -0.4 is 5.32 Å². The van der Waals surface area contributed by atoms with E-state index >= 15 is 0 Å². The molecule has 3 rings (SSSR count). The quantitative estimate of drug-likeness (QED) is 0.802. The zero-order valence-corrected chi connectivity index (χ0v) is 12.7. The van der Waals surface area contributed by atoms with Crippen molar-refractivity contribution >= 4 is 5.91 Å². The van der Waals surface area contributed by atoms with Crippen molar-refractivity contribution in [1.29, 1.82) is 0 Å². The summed E-state index contributed by atoms with van der Waals surface area (Å²) in [5.74, 6) is -0.0162. The summed E-state index contributed by atoms with van der Waals surface area (Å²) in [5, 5.41) is 6.55. The summed E-state index contributed by atoms with van der Waals surface area (Å²) < 4.78 is 19.9. The molecule has 0 radical (unpaired) electrons. The molecule has 1 N–H and O–H groups in total. The number of nitrogens with one attached hydrogen (secondary N) is 1. The first-order valence-electron chi connectivity index (χ1n) is 7.01. The highest BCUT2D eigenvalue weighted by molar-refractivity contribution is 5.91. The van der Waals surface area contributed by atoms with E-state index < -0.39 is 11.9 Å². The van der Waals surface area contributed by atoms with E-state index in [2.05, 4.69) is 15.5 Å². The fourth-order valence-electron chi connectivity index (χ4n) is 2.28. The maximum absolute atomic E-state index is 13.2. The molecule has 0 spiro atoms. The molecule has 0 bridgehead atoms. The molecule has 0 aliphatic carbocycles. The van der Waals surface area contributed by atoms with Gasteiger partial charge in [0.1, 0.15) is 17.7 Å². The van der Waals surface area contributed by atoms with Gasteiger partial charge in [0.05, 0.1) is 5.69 Å². The van der Waals surface area contributed by atoms with Gasteiger partial charge >= 0.3 is 0 Å². The lowest BCUT2D eigenvalue weighted by atomic mass is 10.1. The summed E-state index contributed by atoms with van der Waals surface area (Å²) in [6.07, 6.45) is 3.41. The molecule has 0 saturated carbocycles. The van der Waals surface area contributed by atoms with Crippen LogP contribution in [0.15, 0.2) is 47.2 Å². The third-order valence-electron chi connectivity index (χ3n) is 3.45. The van der Waals surface area contributed by atoms with E-state index in [1.54, 1.807) is 42.1 Å². The van der Waals surface area contributed by atoms with Gasteiger partial charge in [-0.3, -0.25) is 4.79 Å². The number of benzene rings is 1. The predicted octanol–water partition coefficient (Wildman–Crippen LogP) is 2.38. The van der Waals surface area contributed by atoms with Crippen molar-refractivity contribution in [1.82, 2.24) is 20.0 Å². The van der Waals surface area contributed by atoms with Crippen molar-refractivity contribution in [3.63, 3.8) is 0 Å². The average molecular weight is 314 g/mol. The van der Waals surface area contributed by atoms with E-state index in [1.165, 1.54) is 12.1 Å². The Balaban J connectivity index is 1.94. The average Bonchev–Trinajstić information content (AvgIpc) is 3.14. The Morgan fingerprint density at radius 1 is 1.35 bits per heavy atom. The second-order valence-electron chi connectivity index (χ2n) is 5.19. The van der Waals surface area contributed by atoms with Crippen LogP contribution >= 0.6 is 0 Å². The van der Waals surface area contributed by atoms with Gasteiger partial charge in [0.2, 0.25) is 5.76 Å². The highest BCUT2D eigenvalue weighted by Crippen LogP contribution is 2.21. The molecular formula is C16H15FN4O2. The number of hydrogen-bond donors (Lipinski definition) is 1. The lowest BCUT2D eigenvalue weighted by Gasteiger charge is -2.18. The summed E-state index contributed by atoms with van der Waals surface area (Å²) >= 11 is 0. The van der Waals surface area contributed by atoms with Crippen molar-refractivity contribution in [2.75, 3.05) is 0 Å². The summed E-state index contributed by atoms with van der Waals surface area (Å²) in [7, 11) is 1.82. The molecule has 118 valence electrons. The largest absolute Gasteiger partial charge is 0.351 e. The Hall–Kier alpha value is -2.96. The Morgan fingerprint density at radius 2 is 2.09 bits per heavy atom. The smallest absolute Gasteiger partial charge is 0.290 e. The number of imidazole rings is 1. The normalized spacial score (nSPS) is 12.1. The van der Waals surface area contributed by atoms with Crippen LogP contribution in [0.25, 0.3) is 0 Å². The van der Waals surface area contributed by atoms with Gasteiger partial charge in [-0.05, 0) is 24.6 Å². The number of aromatic nitrogens is 3. The third-order valence-corrected chi connectivity index (χ3v) is 3.45. The molecule has 7 heteroatoms. The predicted molar refractivity (Wildman–Crippen MR) is 80.2 cm³/mol. The third kappa shape index (κ3) is 3.13. The zero-order valence-electron chi connectivity index (χ0n) is 12.7. The summed E-state index contributed by atoms with van der Waals surface area (Å²) in [6, 6.07) is 6.93. The van der Waals surface area contributed by atoms with Gasteiger partial charge < -0.3 is 14.4 Å². The number of nitrogens with zero attached hydrogens (tertiary/aromatic N) is 3. The van der Waals surface area contributed by atoms with Crippen LogP contribution in [0.3, 0.4) is 0 Å². The number of carbonyl (C=O) groups is 1. The van der Waals surface area contributed by atoms with E-state index in [9.17, 15) is 9.18 Å². The van der Waals surface area contributed by atoms with Crippen LogP contribution in [0, 0.1) is 12.7 Å². The first-order chi connectivity index (χ1) is 11.0. The van der Waals surface area contributed by atoms with E-state index in [0.717, 1.165) is 0 Å². The topological polar surface area (TPSA) is 73.0 Å². The van der Waals surface area contributed by atoms with Gasteiger partial charge in [-0.1, -0.05) is 17.3 Å². The lowest BCUT2D eigenvalue weighted by molar-refractivity contribution is 0.0904. The minimum atomic E-state index is -0.534. The minimum absolute atomic E-state index is 0.115. The van der Waals surface area contributed by atoms with Crippen molar-refractivity contribution in [3.8, 4) is 0 Å². The van der Waals surface area contributed by atoms with Crippen molar-refractivity contribution in [2.45, 2.75) is 13.0 Å². The Kier molecular flexibility index (Phi) is 3.92. The maximum atomic E-state index is 13.2. The molecule has 6 nitrogen and oxygen atoms in total. The highest BCUT2D eigenvalue weighted by Gasteiger charge is 2.23. The Morgan fingerprint density at radius 3 is 2.65 bits per heavy atom. The molecule has 0 aliphatic rings. The molecule has 1 amide bonds. The molecular weight excluding hydrogens is 299 g/mol. The highest BCUT2D eigenvalue weighted by atomic mass is 19.1. The monoisotopic (exact) mass is 314 g/mol. The summed E-state index contributed by atoms with van der Waals surface area (Å²) in [5.41, 5.74) is 1.33. The second kappa shape index (κ2) is 6.04. The zero-order chi connectivity index (χ0) is 16.4. The first kappa shape index (κ1) is 15.0. The van der Waals surface area contributed by atoms with E-state index in [-0.39, 0.29) is 11.6 Å². The van der Waals surface area contributed by atoms with E-state index in [0.29, 0.717) is 17.1 Å². The molecule has 3 aromatic rings. The van der Waals surface area contributed by atoms with E-state index in [4.69, 9.17) is 4.52 Å². The summed E-state index contributed by atoms with van der Waals surface area (Å²) in [4.78, 5) is 16.6. The van der Waals surface area contributed by atoms with Crippen molar-refractivity contribution in [3.05, 3.63) is 71.4 Å². The SMILES string of the molecule is Cc1cc(C(=O)NC(c2ccc(F)cc2)c2nccn2C)on1. The summed E-state index contributed by atoms with van der Waals surface area (Å²) in [6.45, 7) is 1.73. The molecule has 2 aromatic heterocycles. The van der Waals surface area contributed by atoms with Crippen LogP contribution in [0.2, 0.25) is 0 Å². The molecule has 0 saturated heterocycles. The standard InChI is InChI=1S/C16H15FN4O2/c1-10-9-13(23-20-10)16(22)19-14(15-18-7-8-21(15)2)11-3-5-12(17)6-4-11/h3-9,14H,1-2H3,(H,19,22). The lowest BCUT2D eigenvalue weighted by Crippen LogP contribution is -2.30. The van der Waals surface area contributed by atoms with Gasteiger partial charge in [0.25, 0.3) is 5.91 Å². The number of halogens is 1. The fourth-order valence-corrected chi connectivity index (χ4v) is 2.28. The van der Waals surface area contributed by atoms with Crippen molar-refractivity contribution < 1.29 is 13.7 Å². The molecule has 1 aromatic carbocycles. The van der Waals surface area contributed by atoms with Crippen LogP contribution in [0.4, 0.5) is 4.39 Å². The Labute approximate surface area is 131 Å². The fraction of sp³-hybridized carbons (Fsp3) is 0.188. The maximum Gasteiger partial charge on any atom is 0.290 e. The number of carbonyl (C=O) groups excluding carboxylic acids is 1. The molecule has 1 atom stereocenters. The molecule has 0 aliphatic heterocycles. The van der Waals surface area contributed by atoms with Gasteiger partial charge in [0.15, 0.2) is 0 Å². The van der Waals surface area contributed by atoms with Crippen molar-refractivity contribution in [2.24, 2.45) is 7.05 Å². The molecule has 0 fully saturated rings. The number of amides is 1. The van der Waals surface area contributed by atoms with Gasteiger partial charge in [-0.25, -0.2) is 9.37 Å². The van der Waals surface area contributed by atoms with E-state index in [1.807, 2.05) is 7.05 Å². The number of hydrogen-bond acceptors (Lipinski definition) is 4. The second-order valence-corrected chi connectivity index (χ2v) is 5.19. The van der Waals surface area contributed by atoms with Crippen LogP contribution in [-0.4, -0.2) is 20.6 Å². The number of aryl methyl sites for hydroxylation is 2. The van der Waals surface area contributed by atoms with Gasteiger partial charge in [-0.2, -0.15) is 0 Å². The molecule has 2 heterocycles.